The van der Waals surface area contributed by atoms with Gasteiger partial charge in [-0.2, -0.15) is 4.39 Å². The van der Waals surface area contributed by atoms with Crippen LogP contribution in [-0.2, 0) is 16.6 Å². The second-order valence-electron chi connectivity index (χ2n) is 11.5. The number of benzene rings is 2. The molecule has 7 rings (SSSR count). The van der Waals surface area contributed by atoms with E-state index in [0.29, 0.717) is 34.3 Å². The van der Waals surface area contributed by atoms with Crippen molar-refractivity contribution >= 4 is 21.1 Å². The molecule has 1 fully saturated rings. The molecule has 8 nitrogen and oxygen atoms in total. The molecule has 0 aliphatic carbocycles. The van der Waals surface area contributed by atoms with Crippen molar-refractivity contribution in [2.45, 2.75) is 37.3 Å². The van der Waals surface area contributed by atoms with Crippen molar-refractivity contribution < 1.29 is 22.3 Å². The highest BCUT2D eigenvalue weighted by molar-refractivity contribution is 7.90. The van der Waals surface area contributed by atoms with Crippen LogP contribution in [0.4, 0.5) is 4.39 Å². The second-order valence-corrected chi connectivity index (χ2v) is 13.3. The highest BCUT2D eigenvalue weighted by Crippen LogP contribution is 2.43. The number of hydrogen-bond acceptors (Lipinski definition) is 7. The maximum Gasteiger partial charge on any atom is 0.269 e. The molecule has 1 aliphatic heterocycles. The molecule has 1 unspecified atom stereocenters. The number of β-amino-alcohol motifs (C(OH)–C–C–N with tert-alkyl or cyclic N) is 1. The van der Waals surface area contributed by atoms with Gasteiger partial charge < -0.3 is 9.52 Å². The maximum atomic E-state index is 14.6. The van der Waals surface area contributed by atoms with Crippen LogP contribution in [0.15, 0.2) is 107 Å². The van der Waals surface area contributed by atoms with E-state index in [1.807, 2.05) is 25.1 Å². The summed E-state index contributed by atoms with van der Waals surface area (Å²) in [7, 11) is -4.16. The summed E-state index contributed by atoms with van der Waals surface area (Å²) in [5, 5.41) is 10.6. The minimum absolute atomic E-state index is 0.102. The zero-order chi connectivity index (χ0) is 31.1. The van der Waals surface area contributed by atoms with Crippen molar-refractivity contribution in [3.05, 3.63) is 115 Å². The van der Waals surface area contributed by atoms with Gasteiger partial charge in [0.25, 0.3) is 10.0 Å². The van der Waals surface area contributed by atoms with E-state index in [9.17, 15) is 17.9 Å². The van der Waals surface area contributed by atoms with Gasteiger partial charge in [0.05, 0.1) is 29.2 Å². The number of halogens is 1. The zero-order valence-corrected chi connectivity index (χ0v) is 25.4. The van der Waals surface area contributed by atoms with Gasteiger partial charge in [0.2, 0.25) is 5.95 Å². The fourth-order valence-corrected chi connectivity index (χ4v) is 7.59. The van der Waals surface area contributed by atoms with Gasteiger partial charge in [-0.3, -0.25) is 4.90 Å². The molecule has 0 saturated carbocycles. The smallest absolute Gasteiger partial charge is 0.269 e. The first-order valence-electron chi connectivity index (χ1n) is 14.8. The van der Waals surface area contributed by atoms with Crippen molar-refractivity contribution in [2.75, 3.05) is 13.1 Å². The summed E-state index contributed by atoms with van der Waals surface area (Å²) < 4.78 is 49.9. The lowest BCUT2D eigenvalue weighted by Crippen LogP contribution is -2.37. The van der Waals surface area contributed by atoms with Crippen LogP contribution in [0.1, 0.15) is 24.0 Å². The van der Waals surface area contributed by atoms with Crippen LogP contribution in [0, 0.1) is 12.9 Å². The number of aliphatic hydroxyl groups is 1. The summed E-state index contributed by atoms with van der Waals surface area (Å²) in [6.45, 7) is 4.27. The molecular weight excluding hydrogens is 591 g/mol. The van der Waals surface area contributed by atoms with Crippen LogP contribution >= 0.6 is 0 Å². The Morgan fingerprint density at radius 1 is 0.956 bits per heavy atom. The fraction of sp³-hybridized carbons (Fsp3) is 0.200. The number of aryl methyl sites for hydroxylation is 1. The normalized spacial score (nSPS) is 15.9. The average Bonchev–Trinajstić information content (AvgIpc) is 3.68. The van der Waals surface area contributed by atoms with Gasteiger partial charge in [-0.1, -0.05) is 42.0 Å². The van der Waals surface area contributed by atoms with Gasteiger partial charge in [0.15, 0.2) is 5.65 Å². The lowest BCUT2D eigenvalue weighted by atomic mass is 9.98. The Kier molecular flexibility index (Phi) is 7.56. The highest BCUT2D eigenvalue weighted by Gasteiger charge is 2.30. The van der Waals surface area contributed by atoms with Gasteiger partial charge >= 0.3 is 0 Å². The van der Waals surface area contributed by atoms with E-state index in [4.69, 9.17) is 9.40 Å². The molecule has 0 spiro atoms. The topological polar surface area (TPSA) is 101 Å². The Labute approximate surface area is 260 Å². The van der Waals surface area contributed by atoms with Crippen molar-refractivity contribution in [3.63, 3.8) is 0 Å². The number of hydrogen-bond donors (Lipinski definition) is 1. The third-order valence-electron chi connectivity index (χ3n) is 8.31. The Balaban J connectivity index is 1.41. The average molecular weight is 623 g/mol. The number of rotatable bonds is 7. The molecule has 45 heavy (non-hydrogen) atoms. The maximum absolute atomic E-state index is 14.6. The minimum Gasteiger partial charge on any atom is -0.472 e. The van der Waals surface area contributed by atoms with Crippen LogP contribution < -0.4 is 0 Å². The van der Waals surface area contributed by atoms with E-state index in [1.54, 1.807) is 42.6 Å². The van der Waals surface area contributed by atoms with Gasteiger partial charge in [-0.05, 0) is 73.3 Å². The molecule has 2 aromatic carbocycles. The Morgan fingerprint density at radius 2 is 1.76 bits per heavy atom. The molecule has 1 atom stereocenters. The van der Waals surface area contributed by atoms with Crippen LogP contribution in [0.3, 0.4) is 0 Å². The first-order valence-corrected chi connectivity index (χ1v) is 16.2. The monoisotopic (exact) mass is 622 g/mol. The largest absolute Gasteiger partial charge is 0.472 e. The Morgan fingerprint density at radius 3 is 2.47 bits per heavy atom. The number of aliphatic hydroxyl groups excluding tert-OH is 1. The zero-order valence-electron chi connectivity index (χ0n) is 24.6. The summed E-state index contributed by atoms with van der Waals surface area (Å²) in [5.74, 6) is -0.686. The fourth-order valence-electron chi connectivity index (χ4n) is 6.09. The van der Waals surface area contributed by atoms with Gasteiger partial charge in [-0.25, -0.2) is 22.4 Å². The molecule has 228 valence electrons. The lowest BCUT2D eigenvalue weighted by Gasteiger charge is -2.29. The highest BCUT2D eigenvalue weighted by atomic mass is 32.2. The van der Waals surface area contributed by atoms with Crippen LogP contribution in [0.25, 0.3) is 44.5 Å². The number of piperidine rings is 1. The molecule has 1 N–H and O–H groups in total. The molecule has 0 radical (unpaired) electrons. The first kappa shape index (κ1) is 29.1. The summed E-state index contributed by atoms with van der Waals surface area (Å²) in [6.07, 6.45) is 7.50. The number of nitrogens with zero attached hydrogens (tertiary/aromatic N) is 4. The summed E-state index contributed by atoms with van der Waals surface area (Å²) in [5.41, 5.74) is 5.72. The Hall–Kier alpha value is -4.64. The second kappa shape index (κ2) is 11.7. The predicted octanol–water partition coefficient (Wildman–Crippen LogP) is 6.67. The van der Waals surface area contributed by atoms with E-state index < -0.39 is 16.0 Å². The molecule has 1 aliphatic rings. The molecule has 1 saturated heterocycles. The number of furan rings is 1. The minimum atomic E-state index is -4.16. The molecule has 4 aromatic heterocycles. The van der Waals surface area contributed by atoms with Gasteiger partial charge in [0.1, 0.15) is 0 Å². The van der Waals surface area contributed by atoms with Crippen molar-refractivity contribution in [1.82, 2.24) is 18.8 Å². The quantitative estimate of drug-likeness (QED) is 0.199. The number of pyridine rings is 2. The van der Waals surface area contributed by atoms with Gasteiger partial charge in [-0.15, -0.1) is 0 Å². The predicted molar refractivity (Wildman–Crippen MR) is 170 cm³/mol. The summed E-state index contributed by atoms with van der Waals surface area (Å²) in [6, 6.07) is 21.3. The molecule has 0 bridgehead atoms. The first-order chi connectivity index (χ1) is 21.8. The number of fused-ring (bicyclic) bond motifs is 1. The standard InChI is InChI=1S/C35H31FN4O4S/c1-23-4-10-30(11-5-23)45(42,43)40-34(27-13-16-44-22-27)33(26-12-14-37-32(36)18-26)31-17-28(19-38-35(31)40)25-8-6-24(7-9-25)20-39-15-2-3-29(41)21-39/h4-14,16-19,22,29,41H,2-3,15,20-21H2,1H3. The molecular formula is C35H31FN4O4S. The van der Waals surface area contributed by atoms with Crippen LogP contribution in [-0.4, -0.2) is 51.6 Å². The van der Waals surface area contributed by atoms with Crippen molar-refractivity contribution in [1.29, 1.82) is 0 Å². The molecule has 10 heteroatoms. The van der Waals surface area contributed by atoms with E-state index in [0.717, 1.165) is 48.2 Å². The number of likely N-dealkylation sites (tertiary alicyclic amines) is 1. The third-order valence-corrected chi connectivity index (χ3v) is 10.0. The molecule has 0 amide bonds. The summed E-state index contributed by atoms with van der Waals surface area (Å²) in [4.78, 5) is 10.8. The van der Waals surface area contributed by atoms with Crippen molar-refractivity contribution in [2.24, 2.45) is 0 Å². The van der Waals surface area contributed by atoms with Crippen LogP contribution in [0.5, 0.6) is 0 Å². The van der Waals surface area contributed by atoms with E-state index >= 15 is 0 Å². The molecule has 5 heterocycles. The third kappa shape index (κ3) is 5.56. The SMILES string of the molecule is Cc1ccc(S(=O)(=O)n2c(-c3ccoc3)c(-c3ccnc(F)c3)c3cc(-c4ccc(CN5CCCC(O)C5)cc4)cnc32)cc1. The van der Waals surface area contributed by atoms with E-state index in [-0.39, 0.29) is 16.6 Å². The van der Waals surface area contributed by atoms with Crippen molar-refractivity contribution in [3.8, 4) is 33.5 Å². The number of aromatic nitrogens is 3. The molecule has 6 aromatic rings. The Bertz CT molecular complexity index is 2090. The van der Waals surface area contributed by atoms with Crippen LogP contribution in [0.2, 0.25) is 0 Å². The van der Waals surface area contributed by atoms with E-state index in [1.165, 1.54) is 28.8 Å². The van der Waals surface area contributed by atoms with E-state index in [2.05, 4.69) is 22.0 Å². The lowest BCUT2D eigenvalue weighted by molar-refractivity contribution is 0.0668. The summed E-state index contributed by atoms with van der Waals surface area (Å²) >= 11 is 0. The van der Waals surface area contributed by atoms with Gasteiger partial charge in [0, 0.05) is 53.6 Å².